The largest absolute Gasteiger partial charge is 0.330 e. The van der Waals surface area contributed by atoms with E-state index in [1.807, 2.05) is 6.92 Å². The smallest absolute Gasteiger partial charge is 0.194 e. The molecule has 5 nitrogen and oxygen atoms in total. The Morgan fingerprint density at radius 2 is 2.12 bits per heavy atom. The van der Waals surface area contributed by atoms with Crippen LogP contribution >= 0.6 is 23.3 Å². The quantitative estimate of drug-likeness (QED) is 0.827. The van der Waals surface area contributed by atoms with Crippen molar-refractivity contribution in [2.45, 2.75) is 22.8 Å². The van der Waals surface area contributed by atoms with Gasteiger partial charge in [-0.3, -0.25) is 0 Å². The molecule has 0 bridgehead atoms. The average molecular weight is 253 g/mol. The van der Waals surface area contributed by atoms with E-state index in [1.54, 1.807) is 12.4 Å². The molecule has 0 atom stereocenters. The van der Waals surface area contributed by atoms with Gasteiger partial charge in [0.15, 0.2) is 9.50 Å². The molecule has 0 saturated carbocycles. The molecule has 16 heavy (non-hydrogen) atoms. The first-order valence-corrected chi connectivity index (χ1v) is 6.36. The highest BCUT2D eigenvalue weighted by Crippen LogP contribution is 2.25. The summed E-state index contributed by atoms with van der Waals surface area (Å²) in [6.07, 6.45) is 4.41. The molecule has 84 valence electrons. The topological polar surface area (TPSA) is 77.6 Å². The van der Waals surface area contributed by atoms with Crippen LogP contribution in [0.15, 0.2) is 21.9 Å². The lowest BCUT2D eigenvalue weighted by atomic mass is 10.2. The summed E-state index contributed by atoms with van der Waals surface area (Å²) in [7, 11) is 0. The number of nitrogens with zero attached hydrogens (tertiary/aromatic N) is 4. The first-order valence-electron chi connectivity index (χ1n) is 4.77. The zero-order valence-corrected chi connectivity index (χ0v) is 10.4. The van der Waals surface area contributed by atoms with Gasteiger partial charge < -0.3 is 5.73 Å². The van der Waals surface area contributed by atoms with Gasteiger partial charge in [0.05, 0.1) is 0 Å². The van der Waals surface area contributed by atoms with Crippen LogP contribution in [0.5, 0.6) is 0 Å². The molecule has 2 aromatic heterocycles. The Balaban J connectivity index is 2.05. The monoisotopic (exact) mass is 253 g/mol. The number of aromatic nitrogens is 4. The molecular formula is C9H11N5S2. The summed E-state index contributed by atoms with van der Waals surface area (Å²) in [6.45, 7) is 2.48. The highest BCUT2D eigenvalue weighted by atomic mass is 32.2. The van der Waals surface area contributed by atoms with Gasteiger partial charge in [0.2, 0.25) is 0 Å². The molecule has 0 fully saturated rings. The summed E-state index contributed by atoms with van der Waals surface area (Å²) in [5.74, 6) is 0.784. The Bertz CT molecular complexity index is 453. The molecule has 0 amide bonds. The molecule has 2 aromatic rings. The minimum Gasteiger partial charge on any atom is -0.330 e. The molecule has 0 aromatic carbocycles. The van der Waals surface area contributed by atoms with Crippen molar-refractivity contribution in [2.24, 2.45) is 5.73 Å². The Morgan fingerprint density at radius 3 is 2.69 bits per heavy atom. The van der Waals surface area contributed by atoms with Crippen LogP contribution in [0.3, 0.4) is 0 Å². The van der Waals surface area contributed by atoms with E-state index in [4.69, 9.17) is 5.73 Å². The Labute approximate surface area is 102 Å². The van der Waals surface area contributed by atoms with Crippen molar-refractivity contribution in [1.29, 1.82) is 0 Å². The molecule has 2 rings (SSSR count). The van der Waals surface area contributed by atoms with Gasteiger partial charge in [-0.2, -0.15) is 4.37 Å². The average Bonchev–Trinajstić information content (AvgIpc) is 2.67. The zero-order chi connectivity index (χ0) is 11.4. The van der Waals surface area contributed by atoms with E-state index in [2.05, 4.69) is 19.3 Å². The van der Waals surface area contributed by atoms with E-state index in [9.17, 15) is 0 Å². The molecule has 7 heteroatoms. The number of aryl methyl sites for hydroxylation is 1. The summed E-state index contributed by atoms with van der Waals surface area (Å²) in [5.41, 5.74) is 6.50. The molecule has 0 spiro atoms. The molecule has 0 unspecified atom stereocenters. The predicted octanol–water partition coefficient (Wildman–Crippen LogP) is 1.29. The summed E-state index contributed by atoms with van der Waals surface area (Å²) < 4.78 is 4.96. The second-order valence-corrected chi connectivity index (χ2v) is 5.09. The van der Waals surface area contributed by atoms with E-state index in [0.717, 1.165) is 22.1 Å². The van der Waals surface area contributed by atoms with Crippen LogP contribution in [0.4, 0.5) is 0 Å². The van der Waals surface area contributed by atoms with Gasteiger partial charge in [-0.1, -0.05) is 0 Å². The molecule has 0 aliphatic heterocycles. The van der Waals surface area contributed by atoms with Gasteiger partial charge in [0, 0.05) is 12.4 Å². The SMILES string of the molecule is Cc1nsc(Sc2ncc(CCN)cn2)n1. The highest BCUT2D eigenvalue weighted by molar-refractivity contribution is 8.00. The van der Waals surface area contributed by atoms with Gasteiger partial charge in [0.25, 0.3) is 0 Å². The predicted molar refractivity (Wildman–Crippen MR) is 63.6 cm³/mol. The first-order chi connectivity index (χ1) is 7.78. The highest BCUT2D eigenvalue weighted by Gasteiger charge is 2.05. The molecule has 2 N–H and O–H groups in total. The number of hydrogen-bond acceptors (Lipinski definition) is 7. The number of hydrogen-bond donors (Lipinski definition) is 1. The van der Waals surface area contributed by atoms with Crippen molar-refractivity contribution in [3.63, 3.8) is 0 Å². The van der Waals surface area contributed by atoms with Crippen molar-refractivity contribution in [3.8, 4) is 0 Å². The Hall–Kier alpha value is -1.05. The summed E-state index contributed by atoms with van der Waals surface area (Å²) in [6, 6.07) is 0. The van der Waals surface area contributed by atoms with Crippen molar-refractivity contribution in [3.05, 3.63) is 23.8 Å². The van der Waals surface area contributed by atoms with Gasteiger partial charge in [-0.25, -0.2) is 15.0 Å². The standard InChI is InChI=1S/C9H11N5S2/c1-6-13-9(16-14-6)15-8-11-4-7(2-3-10)5-12-8/h4-5H,2-3,10H2,1H3. The summed E-state index contributed by atoms with van der Waals surface area (Å²) >= 11 is 2.79. The number of rotatable bonds is 4. The lowest BCUT2D eigenvalue weighted by Crippen LogP contribution is -2.03. The molecule has 0 radical (unpaired) electrons. The summed E-state index contributed by atoms with van der Waals surface area (Å²) in [5, 5.41) is 0.692. The maximum atomic E-state index is 5.45. The number of nitrogens with two attached hydrogens (primary N) is 1. The third-order valence-electron chi connectivity index (χ3n) is 1.80. The second kappa shape index (κ2) is 5.33. The van der Waals surface area contributed by atoms with Crippen molar-refractivity contribution >= 4 is 23.3 Å². The van der Waals surface area contributed by atoms with E-state index < -0.39 is 0 Å². The fourth-order valence-electron chi connectivity index (χ4n) is 1.09. The van der Waals surface area contributed by atoms with E-state index >= 15 is 0 Å². The summed E-state index contributed by atoms with van der Waals surface area (Å²) in [4.78, 5) is 12.7. The maximum Gasteiger partial charge on any atom is 0.194 e. The van der Waals surface area contributed by atoms with Crippen molar-refractivity contribution in [1.82, 2.24) is 19.3 Å². The van der Waals surface area contributed by atoms with Crippen LogP contribution in [-0.2, 0) is 6.42 Å². The fraction of sp³-hybridized carbons (Fsp3) is 0.333. The molecular weight excluding hydrogens is 242 g/mol. The fourth-order valence-corrected chi connectivity index (χ4v) is 2.54. The van der Waals surface area contributed by atoms with Crippen LogP contribution in [-0.4, -0.2) is 25.9 Å². The van der Waals surface area contributed by atoms with Gasteiger partial charge in [-0.05, 0) is 48.7 Å². The van der Waals surface area contributed by atoms with Gasteiger partial charge in [-0.15, -0.1) is 0 Å². The van der Waals surface area contributed by atoms with Crippen LogP contribution in [0.1, 0.15) is 11.4 Å². The third-order valence-corrected chi connectivity index (χ3v) is 3.54. The molecule has 0 saturated heterocycles. The minimum absolute atomic E-state index is 0.617. The molecule has 0 aliphatic rings. The van der Waals surface area contributed by atoms with Gasteiger partial charge >= 0.3 is 0 Å². The minimum atomic E-state index is 0.617. The normalized spacial score (nSPS) is 10.6. The molecule has 2 heterocycles. The second-order valence-electron chi connectivity index (χ2n) is 3.12. The van der Waals surface area contributed by atoms with Crippen molar-refractivity contribution < 1.29 is 0 Å². The van der Waals surface area contributed by atoms with Crippen LogP contribution in [0.25, 0.3) is 0 Å². The van der Waals surface area contributed by atoms with Crippen molar-refractivity contribution in [2.75, 3.05) is 6.54 Å². The Morgan fingerprint density at radius 1 is 1.38 bits per heavy atom. The van der Waals surface area contributed by atoms with E-state index in [-0.39, 0.29) is 0 Å². The lowest BCUT2D eigenvalue weighted by Gasteiger charge is -1.98. The van der Waals surface area contributed by atoms with Crippen LogP contribution in [0.2, 0.25) is 0 Å². The zero-order valence-electron chi connectivity index (χ0n) is 8.75. The van der Waals surface area contributed by atoms with Crippen LogP contribution in [0, 0.1) is 6.92 Å². The first kappa shape index (κ1) is 11.4. The van der Waals surface area contributed by atoms with Gasteiger partial charge in [0.1, 0.15) is 5.82 Å². The molecule has 0 aliphatic carbocycles. The Kier molecular flexibility index (Phi) is 3.81. The maximum absolute atomic E-state index is 5.45. The van der Waals surface area contributed by atoms with Crippen LogP contribution < -0.4 is 5.73 Å². The van der Waals surface area contributed by atoms with E-state index in [0.29, 0.717) is 11.7 Å². The third kappa shape index (κ3) is 2.97. The van der Waals surface area contributed by atoms with E-state index in [1.165, 1.54) is 23.3 Å². The lowest BCUT2D eigenvalue weighted by molar-refractivity contribution is 0.890.